The lowest BCUT2D eigenvalue weighted by molar-refractivity contribution is 0.0486. The van der Waals surface area contributed by atoms with Crippen LogP contribution in [0.3, 0.4) is 0 Å². The van der Waals surface area contributed by atoms with E-state index in [-0.39, 0.29) is 24.8 Å². The molecule has 0 heterocycles. The molecule has 0 aromatic carbocycles. The van der Waals surface area contributed by atoms with Gasteiger partial charge in [-0.1, -0.05) is 0 Å². The fraction of sp³-hybridized carbons (Fsp3) is 0.929. The summed E-state index contributed by atoms with van der Waals surface area (Å²) in [6.07, 6.45) is 4.56. The molecule has 0 radical (unpaired) electrons. The van der Waals surface area contributed by atoms with Gasteiger partial charge in [0, 0.05) is 12.1 Å². The van der Waals surface area contributed by atoms with Crippen LogP contribution >= 0.6 is 0 Å². The molecule has 0 spiro atoms. The number of hydrogen-bond acceptors (Lipinski definition) is 4. The molecule has 0 aromatic heterocycles. The molecule has 1 rings (SSSR count). The van der Waals surface area contributed by atoms with Gasteiger partial charge in [-0.3, -0.25) is 0 Å². The normalized spacial score (nSPS) is 25.7. The third-order valence-corrected chi connectivity index (χ3v) is 3.44. The first-order valence-corrected chi connectivity index (χ1v) is 7.16. The number of amides is 1. The zero-order valence-corrected chi connectivity index (χ0v) is 12.3. The van der Waals surface area contributed by atoms with Crippen LogP contribution in [0.15, 0.2) is 0 Å². The number of aliphatic hydroxyl groups excluding tert-OH is 1. The van der Waals surface area contributed by atoms with Crippen LogP contribution in [0.25, 0.3) is 0 Å². The van der Waals surface area contributed by atoms with Crippen molar-refractivity contribution in [2.75, 3.05) is 6.61 Å². The Morgan fingerprint density at radius 3 is 2.42 bits per heavy atom. The van der Waals surface area contributed by atoms with Gasteiger partial charge in [-0.25, -0.2) is 4.79 Å². The SMILES string of the molecule is CC(C)(C)OC(=O)NC1CCC(CC(N)CO)CC1. The summed E-state index contributed by atoms with van der Waals surface area (Å²) in [5.74, 6) is 0.568. The maximum Gasteiger partial charge on any atom is 0.407 e. The van der Waals surface area contributed by atoms with E-state index in [0.29, 0.717) is 5.92 Å². The first-order chi connectivity index (χ1) is 8.80. The van der Waals surface area contributed by atoms with Crippen LogP contribution in [-0.4, -0.2) is 35.5 Å². The van der Waals surface area contributed by atoms with Crippen LogP contribution < -0.4 is 11.1 Å². The van der Waals surface area contributed by atoms with Gasteiger partial charge in [0.05, 0.1) is 6.61 Å². The molecular formula is C14H28N2O3. The summed E-state index contributed by atoms with van der Waals surface area (Å²) < 4.78 is 5.25. The molecule has 1 amide bonds. The maximum absolute atomic E-state index is 11.6. The second-order valence-corrected chi connectivity index (χ2v) is 6.54. The van der Waals surface area contributed by atoms with Gasteiger partial charge in [-0.2, -0.15) is 0 Å². The van der Waals surface area contributed by atoms with Crippen molar-refractivity contribution in [1.29, 1.82) is 0 Å². The molecule has 4 N–H and O–H groups in total. The third kappa shape index (κ3) is 6.78. The predicted octanol–water partition coefficient (Wildman–Crippen LogP) is 1.78. The summed E-state index contributed by atoms with van der Waals surface area (Å²) in [5.41, 5.74) is 5.30. The standard InChI is InChI=1S/C14H28N2O3/c1-14(2,3)19-13(18)16-12-6-4-10(5-7-12)8-11(15)9-17/h10-12,17H,4-9,15H2,1-3H3,(H,16,18). The Morgan fingerprint density at radius 2 is 1.95 bits per heavy atom. The van der Waals surface area contributed by atoms with Gasteiger partial charge in [-0.05, 0) is 58.8 Å². The van der Waals surface area contributed by atoms with Crippen molar-refractivity contribution >= 4 is 6.09 Å². The number of rotatable bonds is 4. The lowest BCUT2D eigenvalue weighted by atomic mass is 9.82. The summed E-state index contributed by atoms with van der Waals surface area (Å²) in [7, 11) is 0. The Balaban J connectivity index is 2.25. The molecule has 1 unspecified atom stereocenters. The number of aliphatic hydroxyl groups is 1. The number of carbonyl (C=O) groups is 1. The topological polar surface area (TPSA) is 84.6 Å². The molecule has 5 heteroatoms. The molecule has 0 aliphatic heterocycles. The quantitative estimate of drug-likeness (QED) is 0.728. The summed E-state index contributed by atoms with van der Waals surface area (Å²) in [6, 6.07) is 0.0943. The highest BCUT2D eigenvalue weighted by Gasteiger charge is 2.25. The van der Waals surface area contributed by atoms with E-state index >= 15 is 0 Å². The summed E-state index contributed by atoms with van der Waals surface area (Å²) in [5, 5.41) is 11.9. The predicted molar refractivity (Wildman–Crippen MR) is 74.8 cm³/mol. The van der Waals surface area contributed by atoms with Gasteiger partial charge in [0.1, 0.15) is 5.60 Å². The van der Waals surface area contributed by atoms with Crippen molar-refractivity contribution in [2.24, 2.45) is 11.7 Å². The van der Waals surface area contributed by atoms with Crippen LogP contribution in [0.4, 0.5) is 4.79 Å². The molecule has 1 saturated carbocycles. The van der Waals surface area contributed by atoms with Crippen molar-refractivity contribution in [3.05, 3.63) is 0 Å². The molecule has 0 bridgehead atoms. The second kappa shape index (κ2) is 7.10. The van der Waals surface area contributed by atoms with Gasteiger partial charge in [0.25, 0.3) is 0 Å². The van der Waals surface area contributed by atoms with Crippen LogP contribution in [0.1, 0.15) is 52.9 Å². The average molecular weight is 272 g/mol. The molecule has 0 aromatic rings. The fourth-order valence-corrected chi connectivity index (χ4v) is 2.52. The summed E-state index contributed by atoms with van der Waals surface area (Å²) in [4.78, 5) is 11.6. The monoisotopic (exact) mass is 272 g/mol. The highest BCUT2D eigenvalue weighted by molar-refractivity contribution is 5.68. The molecule has 19 heavy (non-hydrogen) atoms. The lowest BCUT2D eigenvalue weighted by Crippen LogP contribution is -2.41. The fourth-order valence-electron chi connectivity index (χ4n) is 2.52. The molecule has 1 fully saturated rings. The first kappa shape index (κ1) is 16.2. The van der Waals surface area contributed by atoms with Crippen molar-refractivity contribution in [3.8, 4) is 0 Å². The molecule has 0 saturated heterocycles. The highest BCUT2D eigenvalue weighted by Crippen LogP contribution is 2.27. The smallest absolute Gasteiger partial charge is 0.407 e. The number of nitrogens with one attached hydrogen (secondary N) is 1. The molecule has 1 aliphatic rings. The van der Waals surface area contributed by atoms with Gasteiger partial charge in [0.15, 0.2) is 0 Å². The Bertz CT molecular complexity index is 281. The minimum absolute atomic E-state index is 0.0517. The van der Waals surface area contributed by atoms with Gasteiger partial charge < -0.3 is 20.9 Å². The van der Waals surface area contributed by atoms with E-state index in [1.807, 2.05) is 20.8 Å². The van der Waals surface area contributed by atoms with Crippen molar-refractivity contribution < 1.29 is 14.6 Å². The van der Waals surface area contributed by atoms with Crippen LogP contribution in [0, 0.1) is 5.92 Å². The van der Waals surface area contributed by atoms with E-state index < -0.39 is 5.60 Å². The zero-order chi connectivity index (χ0) is 14.5. The van der Waals surface area contributed by atoms with Crippen LogP contribution in [0.5, 0.6) is 0 Å². The van der Waals surface area contributed by atoms with Gasteiger partial charge >= 0.3 is 6.09 Å². The zero-order valence-electron chi connectivity index (χ0n) is 12.3. The molecule has 1 aliphatic carbocycles. The van der Waals surface area contributed by atoms with E-state index in [2.05, 4.69) is 5.32 Å². The minimum atomic E-state index is -0.449. The number of nitrogens with two attached hydrogens (primary N) is 1. The minimum Gasteiger partial charge on any atom is -0.444 e. The van der Waals surface area contributed by atoms with E-state index in [1.165, 1.54) is 0 Å². The third-order valence-electron chi connectivity index (χ3n) is 3.44. The molecule has 5 nitrogen and oxygen atoms in total. The Hall–Kier alpha value is -0.810. The number of ether oxygens (including phenoxy) is 1. The summed E-state index contributed by atoms with van der Waals surface area (Å²) >= 11 is 0. The van der Waals surface area contributed by atoms with Gasteiger partial charge in [-0.15, -0.1) is 0 Å². The average Bonchev–Trinajstić information content (AvgIpc) is 2.29. The summed E-state index contributed by atoms with van der Waals surface area (Å²) in [6.45, 7) is 5.63. The molecular weight excluding hydrogens is 244 g/mol. The van der Waals surface area contributed by atoms with Crippen LogP contribution in [0.2, 0.25) is 0 Å². The van der Waals surface area contributed by atoms with E-state index in [9.17, 15) is 4.79 Å². The Labute approximate surface area is 115 Å². The number of alkyl carbamates (subject to hydrolysis) is 1. The molecule has 1 atom stereocenters. The largest absolute Gasteiger partial charge is 0.444 e. The number of carbonyl (C=O) groups excluding carboxylic acids is 1. The number of hydrogen-bond donors (Lipinski definition) is 3. The van der Waals surface area contributed by atoms with Crippen LogP contribution in [-0.2, 0) is 4.74 Å². The van der Waals surface area contributed by atoms with E-state index in [1.54, 1.807) is 0 Å². The molecule has 112 valence electrons. The second-order valence-electron chi connectivity index (χ2n) is 6.54. The highest BCUT2D eigenvalue weighted by atomic mass is 16.6. The lowest BCUT2D eigenvalue weighted by Gasteiger charge is -2.31. The van der Waals surface area contributed by atoms with Gasteiger partial charge in [0.2, 0.25) is 0 Å². The maximum atomic E-state index is 11.6. The van der Waals surface area contributed by atoms with E-state index in [4.69, 9.17) is 15.6 Å². The van der Waals surface area contributed by atoms with E-state index in [0.717, 1.165) is 32.1 Å². The Morgan fingerprint density at radius 1 is 1.37 bits per heavy atom. The van der Waals surface area contributed by atoms with Crippen molar-refractivity contribution in [2.45, 2.75) is 70.6 Å². The Kier molecular flexibility index (Phi) is 6.07. The first-order valence-electron chi connectivity index (χ1n) is 7.16. The van der Waals surface area contributed by atoms with Crippen molar-refractivity contribution in [1.82, 2.24) is 5.32 Å². The van der Waals surface area contributed by atoms with Crippen molar-refractivity contribution in [3.63, 3.8) is 0 Å².